The predicted molar refractivity (Wildman–Crippen MR) is 165 cm³/mol. The van der Waals surface area contributed by atoms with Gasteiger partial charge in [-0.25, -0.2) is 9.97 Å². The summed E-state index contributed by atoms with van der Waals surface area (Å²) in [5.74, 6) is 3.04. The molecule has 0 saturated carbocycles. The highest BCUT2D eigenvalue weighted by atomic mass is 16.5. The zero-order valence-corrected chi connectivity index (χ0v) is 24.3. The van der Waals surface area contributed by atoms with E-state index in [2.05, 4.69) is 29.4 Å². The third kappa shape index (κ3) is 9.25. The maximum atomic E-state index is 12.1. The van der Waals surface area contributed by atoms with Crippen molar-refractivity contribution in [3.63, 3.8) is 0 Å². The molecule has 2 aromatic carbocycles. The van der Waals surface area contributed by atoms with Crippen LogP contribution in [0.2, 0.25) is 0 Å². The largest absolute Gasteiger partial charge is 0.484 e. The second kappa shape index (κ2) is 14.9. The third-order valence-corrected chi connectivity index (χ3v) is 6.50. The van der Waals surface area contributed by atoms with Crippen molar-refractivity contribution in [3.05, 3.63) is 54.1 Å². The average molecular weight is 546 g/mol. The number of ether oxygens (including phenoxy) is 1. The number of amides is 1. The summed E-state index contributed by atoms with van der Waals surface area (Å²) in [5.41, 5.74) is 8.69. The molecular formula is C31H43N7O2. The van der Waals surface area contributed by atoms with Gasteiger partial charge in [-0.05, 0) is 62.9 Å². The molecule has 1 heterocycles. The van der Waals surface area contributed by atoms with Crippen molar-refractivity contribution < 1.29 is 9.53 Å². The molecule has 40 heavy (non-hydrogen) atoms. The second-order valence-electron chi connectivity index (χ2n) is 10.5. The smallest absolute Gasteiger partial charge is 0.258 e. The Kier molecular flexibility index (Phi) is 11.3. The van der Waals surface area contributed by atoms with Crippen molar-refractivity contribution in [1.29, 1.82) is 5.41 Å². The summed E-state index contributed by atoms with van der Waals surface area (Å²) in [4.78, 5) is 23.9. The number of anilines is 4. The molecule has 0 spiro atoms. The number of nitrogens with two attached hydrogens (primary N) is 1. The summed E-state index contributed by atoms with van der Waals surface area (Å²) in [6, 6.07) is 14.9. The van der Waals surface area contributed by atoms with Gasteiger partial charge in [0.05, 0.1) is 0 Å². The van der Waals surface area contributed by atoms with Crippen LogP contribution >= 0.6 is 0 Å². The van der Waals surface area contributed by atoms with Crippen molar-refractivity contribution >= 4 is 35.1 Å². The van der Waals surface area contributed by atoms with Gasteiger partial charge in [-0.2, -0.15) is 0 Å². The molecule has 1 aromatic heterocycles. The number of nitrogen functional groups attached to an aromatic ring is 1. The van der Waals surface area contributed by atoms with Crippen LogP contribution in [0.1, 0.15) is 58.9 Å². The number of hydrogen-bond acceptors (Lipinski definition) is 8. The van der Waals surface area contributed by atoms with E-state index in [9.17, 15) is 4.79 Å². The first-order chi connectivity index (χ1) is 19.2. The topological polar surface area (TPSA) is 129 Å². The molecule has 0 saturated heterocycles. The summed E-state index contributed by atoms with van der Waals surface area (Å²) in [6.45, 7) is 9.16. The number of hydrogen-bond donors (Lipinski definition) is 4. The van der Waals surface area contributed by atoms with Crippen molar-refractivity contribution in [3.8, 4) is 17.1 Å². The van der Waals surface area contributed by atoms with Gasteiger partial charge >= 0.3 is 0 Å². The summed E-state index contributed by atoms with van der Waals surface area (Å²) >= 11 is 0. The molecule has 1 unspecified atom stereocenters. The summed E-state index contributed by atoms with van der Waals surface area (Å²) in [6.07, 6.45) is 5.92. The molecule has 1 atom stereocenters. The van der Waals surface area contributed by atoms with E-state index in [-0.39, 0.29) is 18.6 Å². The van der Waals surface area contributed by atoms with Gasteiger partial charge in [0.2, 0.25) is 0 Å². The monoisotopic (exact) mass is 545 g/mol. The van der Waals surface area contributed by atoms with E-state index in [4.69, 9.17) is 25.8 Å². The molecule has 0 fully saturated rings. The Morgan fingerprint density at radius 3 is 2.65 bits per heavy atom. The van der Waals surface area contributed by atoms with E-state index in [1.165, 1.54) is 25.5 Å². The molecule has 0 radical (unpaired) electrons. The highest BCUT2D eigenvalue weighted by Crippen LogP contribution is 2.28. The van der Waals surface area contributed by atoms with Crippen LogP contribution in [0.25, 0.3) is 11.4 Å². The lowest BCUT2D eigenvalue weighted by Gasteiger charge is -2.21. The Bertz CT molecular complexity index is 1280. The van der Waals surface area contributed by atoms with Gasteiger partial charge in [-0.15, -0.1) is 0 Å². The fourth-order valence-corrected chi connectivity index (χ4v) is 4.41. The number of carbonyl (C=O) groups excluding carboxylic acids is 1. The third-order valence-electron chi connectivity index (χ3n) is 6.50. The molecule has 1 amide bonds. The summed E-state index contributed by atoms with van der Waals surface area (Å²) in [7, 11) is 2.05. The van der Waals surface area contributed by atoms with Crippen molar-refractivity contribution in [2.24, 2.45) is 5.92 Å². The van der Waals surface area contributed by atoms with Gasteiger partial charge in [0.25, 0.3) is 5.91 Å². The number of benzene rings is 2. The Morgan fingerprint density at radius 2 is 1.93 bits per heavy atom. The molecular weight excluding hydrogens is 502 g/mol. The minimum absolute atomic E-state index is 0.0486. The normalized spacial score (nSPS) is 11.7. The highest BCUT2D eigenvalue weighted by molar-refractivity contribution is 5.87. The zero-order valence-electron chi connectivity index (χ0n) is 24.3. The molecule has 3 rings (SSSR count). The molecule has 214 valence electrons. The van der Waals surface area contributed by atoms with Crippen molar-refractivity contribution in [2.75, 3.05) is 36.1 Å². The highest BCUT2D eigenvalue weighted by Gasteiger charge is 2.13. The molecule has 0 bridgehead atoms. The van der Waals surface area contributed by atoms with Crippen LogP contribution in [0.5, 0.6) is 5.75 Å². The van der Waals surface area contributed by atoms with E-state index in [0.29, 0.717) is 34.6 Å². The lowest BCUT2D eigenvalue weighted by Crippen LogP contribution is -2.34. The quantitative estimate of drug-likeness (QED) is 0.136. The van der Waals surface area contributed by atoms with Gasteiger partial charge in [-0.3, -0.25) is 4.79 Å². The van der Waals surface area contributed by atoms with Gasteiger partial charge in [0.15, 0.2) is 12.4 Å². The van der Waals surface area contributed by atoms with Crippen LogP contribution < -0.4 is 26.0 Å². The number of rotatable bonds is 15. The predicted octanol–water partition coefficient (Wildman–Crippen LogP) is 6.02. The van der Waals surface area contributed by atoms with E-state index >= 15 is 0 Å². The molecule has 9 heteroatoms. The molecule has 3 aromatic rings. The van der Waals surface area contributed by atoms with Crippen LogP contribution in [0.3, 0.4) is 0 Å². The first-order valence-electron chi connectivity index (χ1n) is 14.0. The van der Waals surface area contributed by atoms with E-state index in [0.717, 1.165) is 30.0 Å². The standard InChI is InChI=1S/C31H43N7O2/c1-6-9-22(4)10-8-15-38(5)29-18-28(35-25-13-14-27(33)24(16-25)19-32)36-31(37-29)23-11-7-12-26(17-23)40-20-30(39)34-21(2)3/h7,11-14,16-19,21-22,32H,6,8-10,15,20,33H2,1-5H3,(H,34,39)(H,35,36,37). The van der Waals surface area contributed by atoms with Gasteiger partial charge in [0, 0.05) is 54.4 Å². The van der Waals surface area contributed by atoms with Crippen LogP contribution in [-0.2, 0) is 4.79 Å². The van der Waals surface area contributed by atoms with Crippen molar-refractivity contribution in [2.45, 2.75) is 59.4 Å². The first-order valence-corrected chi connectivity index (χ1v) is 14.0. The van der Waals surface area contributed by atoms with Gasteiger partial charge in [0.1, 0.15) is 17.4 Å². The van der Waals surface area contributed by atoms with Crippen molar-refractivity contribution in [1.82, 2.24) is 15.3 Å². The fraction of sp³-hybridized carbons (Fsp3) is 0.419. The summed E-state index contributed by atoms with van der Waals surface area (Å²) in [5, 5.41) is 13.8. The van der Waals surface area contributed by atoms with Crippen LogP contribution in [0.4, 0.5) is 23.0 Å². The molecule has 0 aliphatic carbocycles. The number of carbonyl (C=O) groups is 1. The minimum Gasteiger partial charge on any atom is -0.484 e. The fourth-order valence-electron chi connectivity index (χ4n) is 4.41. The van der Waals surface area contributed by atoms with Gasteiger partial charge in [-0.1, -0.05) is 38.8 Å². The van der Waals surface area contributed by atoms with E-state index in [1.54, 1.807) is 6.07 Å². The number of nitrogens with one attached hydrogen (secondary N) is 3. The van der Waals surface area contributed by atoms with Crippen LogP contribution in [-0.4, -0.2) is 48.3 Å². The first kappa shape index (κ1) is 30.4. The van der Waals surface area contributed by atoms with Gasteiger partial charge < -0.3 is 31.4 Å². The van der Waals surface area contributed by atoms with Crippen LogP contribution in [0, 0.1) is 11.3 Å². The van der Waals surface area contributed by atoms with E-state index < -0.39 is 0 Å². The Balaban J connectivity index is 1.88. The number of aromatic nitrogens is 2. The lowest BCUT2D eigenvalue weighted by atomic mass is 10.0. The maximum Gasteiger partial charge on any atom is 0.258 e. The maximum absolute atomic E-state index is 12.1. The Morgan fingerprint density at radius 1 is 1.12 bits per heavy atom. The number of nitrogens with zero attached hydrogens (tertiary/aromatic N) is 3. The Hall–Kier alpha value is -4.14. The molecule has 0 aliphatic rings. The Labute approximate surface area is 238 Å². The summed E-state index contributed by atoms with van der Waals surface area (Å²) < 4.78 is 5.74. The molecule has 5 N–H and O–H groups in total. The molecule has 9 nitrogen and oxygen atoms in total. The average Bonchev–Trinajstić information content (AvgIpc) is 2.92. The molecule has 0 aliphatic heterocycles. The minimum atomic E-state index is -0.173. The van der Waals surface area contributed by atoms with E-state index in [1.807, 2.05) is 63.4 Å². The lowest BCUT2D eigenvalue weighted by molar-refractivity contribution is -0.123. The SMILES string of the molecule is CCCC(C)CCCN(C)c1cc(Nc2ccc(N)c(C=N)c2)nc(-c2cccc(OCC(=O)NC(C)C)c2)n1. The zero-order chi connectivity index (χ0) is 29.1. The van der Waals surface area contributed by atoms with Crippen LogP contribution in [0.15, 0.2) is 48.5 Å². The second-order valence-corrected chi connectivity index (χ2v) is 10.5.